The topological polar surface area (TPSA) is 75.6 Å². The molecule has 0 saturated heterocycles. The SMILES string of the molecule is C[C@@H](C[C@@H](O)c1ccco1)NC(=O)c1coc2ccccc12. The van der Waals surface area contributed by atoms with E-state index in [9.17, 15) is 9.90 Å². The average molecular weight is 299 g/mol. The van der Waals surface area contributed by atoms with Gasteiger partial charge < -0.3 is 19.3 Å². The number of aliphatic hydroxyl groups excluding tert-OH is 1. The Hall–Kier alpha value is -2.53. The quantitative estimate of drug-likeness (QED) is 0.758. The number of aliphatic hydroxyl groups is 1. The molecular weight excluding hydrogens is 282 g/mol. The highest BCUT2D eigenvalue weighted by atomic mass is 16.4. The Labute approximate surface area is 127 Å². The summed E-state index contributed by atoms with van der Waals surface area (Å²) in [7, 11) is 0. The van der Waals surface area contributed by atoms with Crippen molar-refractivity contribution in [1.29, 1.82) is 0 Å². The van der Waals surface area contributed by atoms with Gasteiger partial charge in [-0.3, -0.25) is 4.79 Å². The number of amides is 1. The van der Waals surface area contributed by atoms with Gasteiger partial charge in [0, 0.05) is 17.8 Å². The maximum Gasteiger partial charge on any atom is 0.255 e. The molecule has 0 aliphatic rings. The Morgan fingerprint density at radius 1 is 1.23 bits per heavy atom. The molecule has 2 aromatic heterocycles. The minimum Gasteiger partial charge on any atom is -0.467 e. The summed E-state index contributed by atoms with van der Waals surface area (Å²) in [5.74, 6) is 0.277. The van der Waals surface area contributed by atoms with Crippen LogP contribution in [0.15, 0.2) is 57.8 Å². The number of nitrogens with one attached hydrogen (secondary N) is 1. The summed E-state index contributed by atoms with van der Waals surface area (Å²) in [5, 5.41) is 13.7. The van der Waals surface area contributed by atoms with Crippen molar-refractivity contribution in [1.82, 2.24) is 5.32 Å². The van der Waals surface area contributed by atoms with E-state index in [1.54, 1.807) is 12.1 Å². The van der Waals surface area contributed by atoms with E-state index in [2.05, 4.69) is 5.32 Å². The number of furan rings is 2. The van der Waals surface area contributed by atoms with E-state index in [1.165, 1.54) is 12.5 Å². The van der Waals surface area contributed by atoms with Crippen LogP contribution in [0.4, 0.5) is 0 Å². The first-order valence-corrected chi connectivity index (χ1v) is 7.13. The maximum atomic E-state index is 12.3. The number of fused-ring (bicyclic) bond motifs is 1. The van der Waals surface area contributed by atoms with E-state index in [0.29, 0.717) is 23.3 Å². The fraction of sp³-hybridized carbons (Fsp3) is 0.235. The van der Waals surface area contributed by atoms with Gasteiger partial charge in [0.25, 0.3) is 5.91 Å². The fourth-order valence-corrected chi connectivity index (χ4v) is 2.45. The van der Waals surface area contributed by atoms with Gasteiger partial charge in [0.15, 0.2) is 0 Å². The van der Waals surface area contributed by atoms with Crippen molar-refractivity contribution in [3.63, 3.8) is 0 Å². The maximum absolute atomic E-state index is 12.3. The van der Waals surface area contributed by atoms with Gasteiger partial charge in [-0.2, -0.15) is 0 Å². The second-order valence-electron chi connectivity index (χ2n) is 5.29. The van der Waals surface area contributed by atoms with E-state index in [-0.39, 0.29) is 11.9 Å². The highest BCUT2D eigenvalue weighted by molar-refractivity contribution is 6.05. The third-order valence-corrected chi connectivity index (χ3v) is 3.55. The molecule has 3 rings (SSSR count). The summed E-state index contributed by atoms with van der Waals surface area (Å²) in [6.45, 7) is 1.84. The normalized spacial score (nSPS) is 13.9. The minimum atomic E-state index is -0.744. The molecule has 0 spiro atoms. The Bertz CT molecular complexity index is 760. The lowest BCUT2D eigenvalue weighted by molar-refractivity contribution is 0.0904. The highest BCUT2D eigenvalue weighted by Gasteiger charge is 2.19. The number of rotatable bonds is 5. The van der Waals surface area contributed by atoms with Crippen LogP contribution in [-0.4, -0.2) is 17.1 Å². The molecule has 5 heteroatoms. The van der Waals surface area contributed by atoms with Crippen molar-refractivity contribution >= 4 is 16.9 Å². The summed E-state index contributed by atoms with van der Waals surface area (Å²) in [6, 6.07) is 10.6. The van der Waals surface area contributed by atoms with Gasteiger partial charge in [-0.15, -0.1) is 0 Å². The lowest BCUT2D eigenvalue weighted by atomic mass is 10.1. The summed E-state index contributed by atoms with van der Waals surface area (Å²) < 4.78 is 10.5. The molecule has 2 N–H and O–H groups in total. The molecule has 2 heterocycles. The van der Waals surface area contributed by atoms with Crippen molar-refractivity contribution in [2.24, 2.45) is 0 Å². The van der Waals surface area contributed by atoms with Crippen molar-refractivity contribution in [2.45, 2.75) is 25.5 Å². The van der Waals surface area contributed by atoms with Gasteiger partial charge >= 0.3 is 0 Å². The first-order valence-electron chi connectivity index (χ1n) is 7.13. The fourth-order valence-electron chi connectivity index (χ4n) is 2.45. The smallest absolute Gasteiger partial charge is 0.255 e. The van der Waals surface area contributed by atoms with Gasteiger partial charge in [-0.1, -0.05) is 18.2 Å². The molecule has 0 aliphatic carbocycles. The molecule has 0 aliphatic heterocycles. The van der Waals surface area contributed by atoms with Crippen LogP contribution in [0.2, 0.25) is 0 Å². The highest BCUT2D eigenvalue weighted by Crippen LogP contribution is 2.22. The van der Waals surface area contributed by atoms with E-state index in [4.69, 9.17) is 8.83 Å². The molecule has 0 bridgehead atoms. The molecule has 3 aromatic rings. The van der Waals surface area contributed by atoms with Gasteiger partial charge in [0.1, 0.15) is 23.7 Å². The summed E-state index contributed by atoms with van der Waals surface area (Å²) in [4.78, 5) is 12.3. The van der Waals surface area contributed by atoms with Crippen molar-refractivity contribution in [3.05, 3.63) is 60.2 Å². The zero-order chi connectivity index (χ0) is 15.5. The summed E-state index contributed by atoms with van der Waals surface area (Å²) in [5.41, 5.74) is 1.17. The Balaban J connectivity index is 1.66. The second-order valence-corrected chi connectivity index (χ2v) is 5.29. The lowest BCUT2D eigenvalue weighted by Gasteiger charge is -2.16. The third-order valence-electron chi connectivity index (χ3n) is 3.55. The molecule has 5 nitrogen and oxygen atoms in total. The van der Waals surface area contributed by atoms with Gasteiger partial charge in [-0.25, -0.2) is 0 Å². The zero-order valence-electron chi connectivity index (χ0n) is 12.2. The average Bonchev–Trinajstić information content (AvgIpc) is 3.16. The van der Waals surface area contributed by atoms with Crippen LogP contribution in [0.5, 0.6) is 0 Å². The summed E-state index contributed by atoms with van der Waals surface area (Å²) >= 11 is 0. The molecule has 0 fully saturated rings. The summed E-state index contributed by atoms with van der Waals surface area (Å²) in [6.07, 6.45) is 2.59. The molecule has 0 radical (unpaired) electrons. The van der Waals surface area contributed by atoms with Crippen LogP contribution < -0.4 is 5.32 Å². The van der Waals surface area contributed by atoms with Crippen LogP contribution in [0.3, 0.4) is 0 Å². The number of hydrogen-bond donors (Lipinski definition) is 2. The lowest BCUT2D eigenvalue weighted by Crippen LogP contribution is -2.33. The number of benzene rings is 1. The van der Waals surface area contributed by atoms with Crippen molar-refractivity contribution < 1.29 is 18.7 Å². The Morgan fingerprint density at radius 3 is 2.82 bits per heavy atom. The molecular formula is C17H17NO4. The van der Waals surface area contributed by atoms with Gasteiger partial charge in [0.2, 0.25) is 0 Å². The van der Waals surface area contributed by atoms with Crippen molar-refractivity contribution in [2.75, 3.05) is 0 Å². The van der Waals surface area contributed by atoms with Crippen LogP contribution in [0.1, 0.15) is 35.6 Å². The Morgan fingerprint density at radius 2 is 2.05 bits per heavy atom. The minimum absolute atomic E-state index is 0.207. The molecule has 114 valence electrons. The predicted molar refractivity (Wildman–Crippen MR) is 81.4 cm³/mol. The van der Waals surface area contributed by atoms with Gasteiger partial charge in [0.05, 0.1) is 11.8 Å². The van der Waals surface area contributed by atoms with Crippen LogP contribution in [0.25, 0.3) is 11.0 Å². The standard InChI is InChI=1S/C17H17NO4/c1-11(9-14(19)16-7-4-8-21-16)18-17(20)13-10-22-15-6-3-2-5-12(13)15/h2-8,10-11,14,19H,9H2,1H3,(H,18,20)/t11-,14+/m0/s1. The molecule has 22 heavy (non-hydrogen) atoms. The van der Waals surface area contributed by atoms with E-state index < -0.39 is 6.10 Å². The molecule has 0 saturated carbocycles. The largest absolute Gasteiger partial charge is 0.467 e. The predicted octanol–water partition coefficient (Wildman–Crippen LogP) is 3.27. The monoisotopic (exact) mass is 299 g/mol. The first-order chi connectivity index (χ1) is 10.6. The molecule has 0 unspecified atom stereocenters. The van der Waals surface area contributed by atoms with E-state index in [1.807, 2.05) is 31.2 Å². The number of carbonyl (C=O) groups excluding carboxylic acids is 1. The molecule has 1 amide bonds. The Kier molecular flexibility index (Phi) is 3.98. The van der Waals surface area contributed by atoms with Crippen LogP contribution in [0, 0.1) is 0 Å². The second kappa shape index (κ2) is 6.07. The first kappa shape index (κ1) is 14.4. The molecule has 2 atom stereocenters. The third kappa shape index (κ3) is 2.89. The number of carbonyl (C=O) groups is 1. The van der Waals surface area contributed by atoms with Crippen LogP contribution >= 0.6 is 0 Å². The molecule has 1 aromatic carbocycles. The van der Waals surface area contributed by atoms with Crippen molar-refractivity contribution in [3.8, 4) is 0 Å². The van der Waals surface area contributed by atoms with Crippen LogP contribution in [-0.2, 0) is 0 Å². The van der Waals surface area contributed by atoms with Gasteiger partial charge in [-0.05, 0) is 25.1 Å². The number of para-hydroxylation sites is 1. The van der Waals surface area contributed by atoms with E-state index >= 15 is 0 Å². The van der Waals surface area contributed by atoms with E-state index in [0.717, 1.165) is 5.39 Å². The zero-order valence-corrected chi connectivity index (χ0v) is 12.2. The number of hydrogen-bond acceptors (Lipinski definition) is 4.